The Morgan fingerprint density at radius 3 is 1.24 bits per heavy atom. The zero-order valence-corrected chi connectivity index (χ0v) is 24.4. The van der Waals surface area contributed by atoms with Crippen molar-refractivity contribution in [2.24, 2.45) is 10.8 Å². The molecule has 3 heteroatoms. The first-order valence-corrected chi connectivity index (χ1v) is 20.2. The van der Waals surface area contributed by atoms with Crippen LogP contribution in [0.3, 0.4) is 0 Å². The van der Waals surface area contributed by atoms with Gasteiger partial charge < -0.3 is 0 Å². The molecule has 0 nitrogen and oxygen atoms in total. The Kier molecular flexibility index (Phi) is 7.45. The van der Waals surface area contributed by atoms with Crippen LogP contribution in [0.5, 0.6) is 0 Å². The average molecular weight is 517 g/mol. The van der Waals surface area contributed by atoms with Gasteiger partial charge in [0.2, 0.25) is 0 Å². The summed E-state index contributed by atoms with van der Waals surface area (Å²) >= 11 is -3.81. The molecule has 0 radical (unpaired) electrons. The van der Waals surface area contributed by atoms with Crippen molar-refractivity contribution in [2.75, 3.05) is 0 Å². The normalized spacial score (nSPS) is 28.3. The van der Waals surface area contributed by atoms with Crippen molar-refractivity contribution in [3.8, 4) is 0 Å². The van der Waals surface area contributed by atoms with E-state index in [-0.39, 0.29) is 17.1 Å². The third-order valence-corrected chi connectivity index (χ3v) is 27.6. The Bertz CT molecular complexity index is 711. The molecule has 0 aliphatic heterocycles. The van der Waals surface area contributed by atoms with Crippen molar-refractivity contribution in [3.63, 3.8) is 0 Å². The van der Waals surface area contributed by atoms with Crippen LogP contribution in [0.15, 0.2) is 46.6 Å². The summed E-state index contributed by atoms with van der Waals surface area (Å²) in [5.74, 6) is 0. The number of rotatable bonds is 8. The Morgan fingerprint density at radius 2 is 1.00 bits per heavy atom. The summed E-state index contributed by atoms with van der Waals surface area (Å²) < 4.78 is -0.410. The van der Waals surface area contributed by atoms with E-state index in [2.05, 4.69) is 93.5 Å². The molecule has 0 aromatic heterocycles. The molecule has 2 rings (SSSR count). The Hall–Kier alpha value is 0.423. The summed E-state index contributed by atoms with van der Waals surface area (Å²) in [7, 11) is 15.3. The maximum absolute atomic E-state index is 7.63. The monoisotopic (exact) mass is 514 g/mol. The third kappa shape index (κ3) is 3.58. The van der Waals surface area contributed by atoms with E-state index in [1.165, 1.54) is 22.3 Å². The predicted octanol–water partition coefficient (Wildman–Crippen LogP) is 10.2. The molecule has 0 aromatic carbocycles. The van der Waals surface area contributed by atoms with Crippen molar-refractivity contribution in [1.29, 1.82) is 0 Å². The predicted molar refractivity (Wildman–Crippen MR) is 129 cm³/mol. The second kappa shape index (κ2) is 8.41. The van der Waals surface area contributed by atoms with Crippen LogP contribution in [-0.4, -0.2) is 0 Å². The van der Waals surface area contributed by atoms with Gasteiger partial charge >= 0.3 is 193 Å². The average Bonchev–Trinajstić information content (AvgIpc) is 3.20. The first-order valence-electron chi connectivity index (χ1n) is 11.4. The van der Waals surface area contributed by atoms with Gasteiger partial charge in [0.1, 0.15) is 0 Å². The van der Waals surface area contributed by atoms with Gasteiger partial charge in [0.05, 0.1) is 0 Å². The van der Waals surface area contributed by atoms with E-state index in [1.54, 1.807) is 0 Å². The Morgan fingerprint density at radius 1 is 0.724 bits per heavy atom. The Balaban J connectivity index is 2.62. The molecule has 164 valence electrons. The number of halogens is 2. The van der Waals surface area contributed by atoms with Crippen molar-refractivity contribution in [2.45, 2.75) is 101 Å². The van der Waals surface area contributed by atoms with E-state index in [0.29, 0.717) is 0 Å². The fraction of sp³-hybridized carbons (Fsp3) is 0.692. The van der Waals surface area contributed by atoms with Crippen LogP contribution in [0.1, 0.15) is 94.9 Å². The van der Waals surface area contributed by atoms with E-state index >= 15 is 0 Å². The minimum absolute atomic E-state index is 0.194. The van der Waals surface area contributed by atoms with Crippen LogP contribution < -0.4 is 0 Å². The van der Waals surface area contributed by atoms with E-state index in [0.717, 1.165) is 25.7 Å². The van der Waals surface area contributed by atoms with Crippen LogP contribution in [0.2, 0.25) is 6.25 Å². The van der Waals surface area contributed by atoms with Gasteiger partial charge in [-0.05, 0) is 0 Å². The quantitative estimate of drug-likeness (QED) is 0.301. The first-order chi connectivity index (χ1) is 13.2. The maximum atomic E-state index is 7.63. The van der Waals surface area contributed by atoms with E-state index in [1.807, 2.05) is 0 Å². The summed E-state index contributed by atoms with van der Waals surface area (Å²) in [5.41, 5.74) is 6.14. The van der Waals surface area contributed by atoms with E-state index < -0.39 is 17.9 Å². The molecule has 2 aliphatic carbocycles. The molecule has 0 spiro atoms. The second-order valence-electron chi connectivity index (χ2n) is 10.3. The molecule has 0 bridgehead atoms. The van der Waals surface area contributed by atoms with Gasteiger partial charge in [-0.2, -0.15) is 0 Å². The summed E-state index contributed by atoms with van der Waals surface area (Å²) in [4.78, 5) is 0. The molecule has 2 atom stereocenters. The summed E-state index contributed by atoms with van der Waals surface area (Å²) in [5, 5.41) is 0. The van der Waals surface area contributed by atoms with Gasteiger partial charge in [0.15, 0.2) is 0 Å². The van der Waals surface area contributed by atoms with E-state index in [9.17, 15) is 0 Å². The second-order valence-corrected chi connectivity index (χ2v) is 26.0. The summed E-state index contributed by atoms with van der Waals surface area (Å²) in [6.07, 6.45) is 14.0. The summed E-state index contributed by atoms with van der Waals surface area (Å²) in [6, 6.07) is 0. The molecule has 2 aliphatic rings. The van der Waals surface area contributed by atoms with E-state index in [4.69, 9.17) is 17.0 Å². The van der Waals surface area contributed by atoms with Crippen LogP contribution in [0.4, 0.5) is 0 Å². The van der Waals surface area contributed by atoms with Gasteiger partial charge in [-0.1, -0.05) is 0 Å². The van der Waals surface area contributed by atoms with Crippen LogP contribution in [0.25, 0.3) is 0 Å². The number of allylic oxidation sites excluding steroid dienone is 8. The molecule has 0 amide bonds. The van der Waals surface area contributed by atoms with Gasteiger partial charge in [-0.3, -0.25) is 0 Å². The zero-order valence-electron chi connectivity index (χ0n) is 20.4. The fourth-order valence-electron chi connectivity index (χ4n) is 5.35. The number of hydrogen-bond acceptors (Lipinski definition) is 0. The molecule has 0 N–H and O–H groups in total. The minimum atomic E-state index is -3.81. The van der Waals surface area contributed by atoms with Crippen LogP contribution >= 0.6 is 17.0 Å². The molecule has 29 heavy (non-hydrogen) atoms. The molecule has 0 heterocycles. The topological polar surface area (TPSA) is 0 Å². The van der Waals surface area contributed by atoms with Gasteiger partial charge in [-0.15, -0.1) is 0 Å². The molecule has 0 fully saturated rings. The summed E-state index contributed by atoms with van der Waals surface area (Å²) in [6.45, 7) is 23.2. The van der Waals surface area contributed by atoms with Gasteiger partial charge in [0.25, 0.3) is 0 Å². The van der Waals surface area contributed by atoms with Crippen LogP contribution in [0, 0.1) is 10.8 Å². The SMILES string of the molecule is CCC(C)(CC)C1=C(C)[C](C)([Zr]([Cl])([Cl])[C]2(C)C=CC(C(C)(CC)CC)=C2C)C=C1. The van der Waals surface area contributed by atoms with Gasteiger partial charge in [0, 0.05) is 0 Å². The molecule has 2 unspecified atom stereocenters. The third-order valence-electron chi connectivity index (χ3n) is 9.26. The Labute approximate surface area is 192 Å². The molecule has 0 saturated heterocycles. The van der Waals surface area contributed by atoms with Crippen molar-refractivity contribution in [3.05, 3.63) is 46.6 Å². The molecular weight excluding hydrogens is 474 g/mol. The fourth-order valence-corrected chi connectivity index (χ4v) is 17.3. The first kappa shape index (κ1) is 25.7. The molecule has 0 aromatic rings. The number of hydrogen-bond donors (Lipinski definition) is 0. The van der Waals surface area contributed by atoms with Crippen molar-refractivity contribution >= 4 is 17.0 Å². The van der Waals surface area contributed by atoms with Gasteiger partial charge in [-0.25, -0.2) is 0 Å². The molecular formula is C26H42Cl2Zr. The standard InChI is InChI=1S/2C13H21.2ClH.Zr/c2*1-6-13(5,7-2)12-9-8-10(3)11(12)4;;;/h2*8-9H,6-7H2,1-5H3;2*1H;/q;;;;+2/p-2. The van der Waals surface area contributed by atoms with Crippen molar-refractivity contribution in [1.82, 2.24) is 0 Å². The zero-order chi connectivity index (χ0) is 22.5. The molecule has 0 saturated carbocycles. The van der Waals surface area contributed by atoms with Crippen LogP contribution in [-0.2, 0) is 17.9 Å². The van der Waals surface area contributed by atoms with Crippen molar-refractivity contribution < 1.29 is 17.9 Å².